The molecule has 0 atom stereocenters. The molecule has 0 radical (unpaired) electrons. The van der Waals surface area contributed by atoms with Crippen molar-refractivity contribution in [3.05, 3.63) is 52.1 Å². The van der Waals surface area contributed by atoms with Crippen LogP contribution in [-0.4, -0.2) is 38.7 Å². The molecule has 30 heavy (non-hydrogen) atoms. The number of para-hydroxylation sites is 1. The molecule has 3 aromatic rings. The van der Waals surface area contributed by atoms with E-state index in [0.717, 1.165) is 22.7 Å². The van der Waals surface area contributed by atoms with E-state index in [9.17, 15) is 16.8 Å². The largest absolute Gasteiger partial charge is 0.357 e. The van der Waals surface area contributed by atoms with Crippen LogP contribution in [-0.2, 0) is 20.1 Å². The van der Waals surface area contributed by atoms with Gasteiger partial charge in [0, 0.05) is 23.1 Å². The molecule has 2 aromatic carbocycles. The highest BCUT2D eigenvalue weighted by Gasteiger charge is 2.21. The Bertz CT molecular complexity index is 1350. The maximum absolute atomic E-state index is 12.3. The van der Waals surface area contributed by atoms with Gasteiger partial charge in [0.2, 0.25) is 10.0 Å². The number of fused-ring (bicyclic) bond motifs is 1. The van der Waals surface area contributed by atoms with Crippen molar-refractivity contribution in [2.45, 2.75) is 11.8 Å². The van der Waals surface area contributed by atoms with Gasteiger partial charge in [-0.3, -0.25) is 4.55 Å². The topological polar surface area (TPSA) is 141 Å². The number of hydrogen-bond donors (Lipinski definition) is 3. The Hall–Kier alpha value is -2.02. The Morgan fingerprint density at radius 3 is 2.47 bits per heavy atom. The zero-order valence-corrected chi connectivity index (χ0v) is 18.6. The Labute approximate surface area is 182 Å². The fourth-order valence-electron chi connectivity index (χ4n) is 2.68. The summed E-state index contributed by atoms with van der Waals surface area (Å²) in [6.07, 6.45) is 0. The molecule has 0 saturated heterocycles. The Kier molecular flexibility index (Phi) is 6.51. The monoisotopic (exact) mass is 490 g/mol. The predicted molar refractivity (Wildman–Crippen MR) is 115 cm³/mol. The normalized spacial score (nSPS) is 12.8. The highest BCUT2D eigenvalue weighted by Crippen LogP contribution is 2.36. The number of halogens is 2. The summed E-state index contributed by atoms with van der Waals surface area (Å²) < 4.78 is 56.9. The molecule has 3 N–H and O–H groups in total. The van der Waals surface area contributed by atoms with Crippen molar-refractivity contribution in [1.29, 1.82) is 0 Å². The standard InChI is InChI=1S/C17H16Cl2N4O5S2/c1-10-17(11-4-2-3-5-14(11)21-10)23-22-15-8-13(19)16(9-12(15)18)30(27,28)20-6-7-29(24,25)26/h2-5,8-9,20-21H,6-7H2,1H3,(H,24,25,26). The molecule has 160 valence electrons. The van der Waals surface area contributed by atoms with Crippen LogP contribution in [0.4, 0.5) is 11.4 Å². The molecule has 9 nitrogen and oxygen atoms in total. The second-order valence-electron chi connectivity index (χ2n) is 6.26. The summed E-state index contributed by atoms with van der Waals surface area (Å²) in [6.45, 7) is 1.31. The Balaban J connectivity index is 1.89. The van der Waals surface area contributed by atoms with E-state index in [4.69, 9.17) is 27.8 Å². The lowest BCUT2D eigenvalue weighted by atomic mass is 10.2. The molecule has 0 spiro atoms. The molecule has 3 rings (SSSR count). The van der Waals surface area contributed by atoms with E-state index < -0.39 is 32.4 Å². The number of nitrogens with zero attached hydrogens (tertiary/aromatic N) is 2. The van der Waals surface area contributed by atoms with Crippen LogP contribution < -0.4 is 4.72 Å². The number of aromatic amines is 1. The minimum Gasteiger partial charge on any atom is -0.357 e. The number of sulfonamides is 1. The van der Waals surface area contributed by atoms with E-state index in [1.54, 1.807) is 0 Å². The molecule has 0 bridgehead atoms. The van der Waals surface area contributed by atoms with Gasteiger partial charge in [-0.2, -0.15) is 8.42 Å². The number of aryl methyl sites for hydroxylation is 1. The molecule has 0 amide bonds. The second-order valence-corrected chi connectivity index (χ2v) is 10.4. The molecule has 1 aromatic heterocycles. The Morgan fingerprint density at radius 1 is 1.07 bits per heavy atom. The predicted octanol–water partition coefficient (Wildman–Crippen LogP) is 4.36. The Morgan fingerprint density at radius 2 is 1.77 bits per heavy atom. The minimum atomic E-state index is -4.32. The van der Waals surface area contributed by atoms with Crippen LogP contribution in [0.5, 0.6) is 0 Å². The highest BCUT2D eigenvalue weighted by molar-refractivity contribution is 7.89. The van der Waals surface area contributed by atoms with Crippen molar-refractivity contribution in [2.24, 2.45) is 10.2 Å². The van der Waals surface area contributed by atoms with Crippen LogP contribution >= 0.6 is 23.2 Å². The third-order valence-electron chi connectivity index (χ3n) is 4.06. The first-order valence-electron chi connectivity index (χ1n) is 8.41. The minimum absolute atomic E-state index is 0.0178. The average Bonchev–Trinajstić information content (AvgIpc) is 2.96. The quantitative estimate of drug-likeness (QED) is 0.333. The van der Waals surface area contributed by atoms with Crippen molar-refractivity contribution < 1.29 is 21.4 Å². The van der Waals surface area contributed by atoms with Gasteiger partial charge < -0.3 is 4.98 Å². The molecule has 1 heterocycles. The van der Waals surface area contributed by atoms with Gasteiger partial charge in [0.05, 0.1) is 15.8 Å². The smallest absolute Gasteiger partial charge is 0.266 e. The number of nitrogens with one attached hydrogen (secondary N) is 2. The number of aromatic nitrogens is 1. The number of benzene rings is 2. The summed E-state index contributed by atoms with van der Waals surface area (Å²) in [4.78, 5) is 2.83. The lowest BCUT2D eigenvalue weighted by Gasteiger charge is -2.09. The fourth-order valence-corrected chi connectivity index (χ4v) is 5.01. The zero-order chi connectivity index (χ0) is 22.1. The fraction of sp³-hybridized carbons (Fsp3) is 0.176. The van der Waals surface area contributed by atoms with Crippen molar-refractivity contribution in [3.63, 3.8) is 0 Å². The van der Waals surface area contributed by atoms with Crippen LogP contribution in [0.15, 0.2) is 51.5 Å². The van der Waals surface area contributed by atoms with Crippen LogP contribution in [0, 0.1) is 6.92 Å². The summed E-state index contributed by atoms with van der Waals surface area (Å²) in [5, 5.41) is 8.99. The number of H-pyrrole nitrogens is 1. The first kappa shape index (κ1) is 22.7. The summed E-state index contributed by atoms with van der Waals surface area (Å²) in [5.41, 5.74) is 2.46. The van der Waals surface area contributed by atoms with Gasteiger partial charge in [0.15, 0.2) is 0 Å². The molecular weight excluding hydrogens is 475 g/mol. The molecular formula is C17H16Cl2N4O5S2. The van der Waals surface area contributed by atoms with Gasteiger partial charge in [0.25, 0.3) is 10.1 Å². The van der Waals surface area contributed by atoms with E-state index in [2.05, 4.69) is 15.2 Å². The molecule has 0 aliphatic heterocycles. The van der Waals surface area contributed by atoms with Crippen LogP contribution in [0.3, 0.4) is 0 Å². The van der Waals surface area contributed by atoms with Gasteiger partial charge in [0.1, 0.15) is 16.3 Å². The van der Waals surface area contributed by atoms with Gasteiger partial charge in [-0.05, 0) is 25.1 Å². The third-order valence-corrected chi connectivity index (χ3v) is 7.01. The molecule has 0 saturated carbocycles. The summed E-state index contributed by atoms with van der Waals surface area (Å²) in [5.74, 6) is -0.784. The van der Waals surface area contributed by atoms with Gasteiger partial charge in [-0.1, -0.05) is 41.4 Å². The van der Waals surface area contributed by atoms with E-state index >= 15 is 0 Å². The lowest BCUT2D eigenvalue weighted by molar-refractivity contribution is 0.482. The van der Waals surface area contributed by atoms with Crippen LogP contribution in [0.2, 0.25) is 10.0 Å². The van der Waals surface area contributed by atoms with E-state index in [1.807, 2.05) is 35.9 Å². The summed E-state index contributed by atoms with van der Waals surface area (Å²) in [7, 11) is -8.48. The molecule has 0 unspecified atom stereocenters. The van der Waals surface area contributed by atoms with Crippen molar-refractivity contribution in [1.82, 2.24) is 9.71 Å². The summed E-state index contributed by atoms with van der Waals surface area (Å²) in [6, 6.07) is 9.88. The summed E-state index contributed by atoms with van der Waals surface area (Å²) >= 11 is 12.3. The van der Waals surface area contributed by atoms with E-state index in [1.165, 1.54) is 6.07 Å². The maximum atomic E-state index is 12.3. The highest BCUT2D eigenvalue weighted by atomic mass is 35.5. The van der Waals surface area contributed by atoms with Crippen molar-refractivity contribution in [3.8, 4) is 0 Å². The first-order valence-corrected chi connectivity index (χ1v) is 12.3. The van der Waals surface area contributed by atoms with Crippen molar-refractivity contribution in [2.75, 3.05) is 12.3 Å². The first-order chi connectivity index (χ1) is 14.0. The molecule has 0 aliphatic carbocycles. The number of rotatable bonds is 7. The van der Waals surface area contributed by atoms with Crippen LogP contribution in [0.1, 0.15) is 5.69 Å². The number of azo groups is 1. The van der Waals surface area contributed by atoms with Crippen molar-refractivity contribution >= 4 is 65.6 Å². The van der Waals surface area contributed by atoms with E-state index in [-0.39, 0.29) is 20.6 Å². The zero-order valence-electron chi connectivity index (χ0n) is 15.4. The molecule has 0 aliphatic rings. The van der Waals surface area contributed by atoms with Gasteiger partial charge in [-0.15, -0.1) is 10.2 Å². The second kappa shape index (κ2) is 8.61. The third kappa shape index (κ3) is 5.17. The molecule has 13 heteroatoms. The maximum Gasteiger partial charge on any atom is 0.266 e. The average molecular weight is 491 g/mol. The number of hydrogen-bond acceptors (Lipinski definition) is 6. The van der Waals surface area contributed by atoms with Crippen LogP contribution in [0.25, 0.3) is 10.9 Å². The van der Waals surface area contributed by atoms with E-state index in [0.29, 0.717) is 5.69 Å². The van der Waals surface area contributed by atoms with Gasteiger partial charge >= 0.3 is 0 Å². The SMILES string of the molecule is Cc1[nH]c2ccccc2c1N=Nc1cc(Cl)c(S(=O)(=O)NCCS(=O)(=O)O)cc1Cl. The van der Waals surface area contributed by atoms with Gasteiger partial charge in [-0.25, -0.2) is 13.1 Å². The molecule has 0 fully saturated rings. The lowest BCUT2D eigenvalue weighted by Crippen LogP contribution is -2.29.